The fraction of sp³-hybridized carbons (Fsp3) is 0.0909. The van der Waals surface area contributed by atoms with Gasteiger partial charge in [-0.3, -0.25) is 19.1 Å². The number of pyridine rings is 1. The van der Waals surface area contributed by atoms with Gasteiger partial charge in [0.2, 0.25) is 5.88 Å². The molecular formula is C22H17N3O3. The summed E-state index contributed by atoms with van der Waals surface area (Å²) in [6, 6.07) is 17.6. The Morgan fingerprint density at radius 2 is 1.79 bits per heavy atom. The molecule has 0 aliphatic heterocycles. The zero-order valence-corrected chi connectivity index (χ0v) is 15.4. The van der Waals surface area contributed by atoms with E-state index in [0.29, 0.717) is 22.4 Å². The number of rotatable bonds is 4. The molecule has 3 aromatic rings. The first-order valence-corrected chi connectivity index (χ1v) is 8.51. The van der Waals surface area contributed by atoms with E-state index in [9.17, 15) is 20.0 Å². The Hall–Kier alpha value is -3.98. The molecule has 1 heterocycles. The summed E-state index contributed by atoms with van der Waals surface area (Å²) in [5.41, 5.74) is 1.32. The highest BCUT2D eigenvalue weighted by molar-refractivity contribution is 6.12. The van der Waals surface area contributed by atoms with Crippen LogP contribution < -0.4 is 5.56 Å². The zero-order chi connectivity index (χ0) is 20.3. The fourth-order valence-electron chi connectivity index (χ4n) is 2.85. The molecule has 0 aliphatic rings. The molecule has 0 spiro atoms. The average Bonchev–Trinajstić information content (AvgIpc) is 2.73. The van der Waals surface area contributed by atoms with Crippen LogP contribution in [0.2, 0.25) is 0 Å². The molecule has 1 aromatic heterocycles. The van der Waals surface area contributed by atoms with Crippen LogP contribution in [0.4, 0.5) is 5.69 Å². The van der Waals surface area contributed by atoms with Crippen molar-refractivity contribution < 1.29 is 9.90 Å². The fourth-order valence-corrected chi connectivity index (χ4v) is 2.85. The summed E-state index contributed by atoms with van der Waals surface area (Å²) in [6.07, 6.45) is 1.36. The van der Waals surface area contributed by atoms with Gasteiger partial charge in [-0.25, -0.2) is 0 Å². The van der Waals surface area contributed by atoms with E-state index in [2.05, 4.69) is 4.99 Å². The number of aromatic nitrogens is 1. The molecule has 0 aliphatic carbocycles. The Balaban J connectivity index is 2.09. The van der Waals surface area contributed by atoms with Crippen molar-refractivity contribution >= 4 is 17.7 Å². The summed E-state index contributed by atoms with van der Waals surface area (Å²) in [5.74, 6) is -0.468. The number of hydrogen-bond acceptors (Lipinski definition) is 5. The van der Waals surface area contributed by atoms with Crippen molar-refractivity contribution in [1.29, 1.82) is 5.26 Å². The Labute approximate surface area is 161 Å². The molecule has 0 bridgehead atoms. The lowest BCUT2D eigenvalue weighted by molar-refractivity contribution is 0.103. The van der Waals surface area contributed by atoms with Crippen LogP contribution in [0.15, 0.2) is 64.4 Å². The van der Waals surface area contributed by atoms with Crippen molar-refractivity contribution in [2.45, 2.75) is 6.92 Å². The van der Waals surface area contributed by atoms with E-state index in [-0.39, 0.29) is 22.8 Å². The number of hydrogen-bond donors (Lipinski definition) is 1. The molecule has 1 N–H and O–H groups in total. The first kappa shape index (κ1) is 18.8. The summed E-state index contributed by atoms with van der Waals surface area (Å²) in [5, 5.41) is 19.5. The summed E-state index contributed by atoms with van der Waals surface area (Å²) in [6.45, 7) is 1.57. The smallest absolute Gasteiger partial charge is 0.271 e. The van der Waals surface area contributed by atoms with Gasteiger partial charge in [0.05, 0.1) is 11.3 Å². The number of nitriles is 1. The van der Waals surface area contributed by atoms with Gasteiger partial charge in [-0.2, -0.15) is 5.26 Å². The van der Waals surface area contributed by atoms with Crippen LogP contribution in [0.3, 0.4) is 0 Å². The second-order valence-electron chi connectivity index (χ2n) is 6.18. The Bertz CT molecular complexity index is 1190. The predicted octanol–water partition coefficient (Wildman–Crippen LogP) is 3.25. The number of nitrogens with zero attached hydrogens (tertiary/aromatic N) is 3. The van der Waals surface area contributed by atoms with Gasteiger partial charge in [0.1, 0.15) is 11.6 Å². The van der Waals surface area contributed by atoms with Crippen LogP contribution in [0.25, 0.3) is 0 Å². The first-order chi connectivity index (χ1) is 13.5. The third-order valence-electron chi connectivity index (χ3n) is 4.49. The third-order valence-corrected chi connectivity index (χ3v) is 4.49. The molecule has 138 valence electrons. The minimum atomic E-state index is -0.575. The molecule has 6 nitrogen and oxygen atoms in total. The van der Waals surface area contributed by atoms with Crippen LogP contribution in [0, 0.1) is 18.3 Å². The van der Waals surface area contributed by atoms with Crippen LogP contribution in [-0.2, 0) is 7.05 Å². The summed E-state index contributed by atoms with van der Waals surface area (Å²) >= 11 is 0. The molecule has 0 atom stereocenters. The molecule has 0 amide bonds. The lowest BCUT2D eigenvalue weighted by atomic mass is 10.0. The summed E-state index contributed by atoms with van der Waals surface area (Å²) < 4.78 is 0.994. The molecule has 3 rings (SSSR count). The van der Waals surface area contributed by atoms with Gasteiger partial charge in [-0.1, -0.05) is 42.5 Å². The number of aliphatic imine (C=N–C) groups is 1. The minimum absolute atomic E-state index is 0.0598. The number of carbonyl (C=O) groups excluding carboxylic acids is 1. The van der Waals surface area contributed by atoms with Crippen LogP contribution >= 0.6 is 0 Å². The van der Waals surface area contributed by atoms with Crippen molar-refractivity contribution in [3.63, 3.8) is 0 Å². The Morgan fingerprint density at radius 1 is 1.14 bits per heavy atom. The van der Waals surface area contributed by atoms with E-state index in [1.807, 2.05) is 12.1 Å². The second kappa shape index (κ2) is 7.72. The van der Waals surface area contributed by atoms with Crippen LogP contribution in [0.1, 0.15) is 32.6 Å². The molecule has 0 unspecified atom stereocenters. The standard InChI is InChI=1S/C22H17N3O3/c1-14-17(12-23)21(27)25(2)22(28)18(14)13-24-19-11-7-6-10-16(19)20(26)15-8-4-3-5-9-15/h3-11,13,28H,1-2H3. The molecule has 0 fully saturated rings. The molecule has 6 heteroatoms. The summed E-state index contributed by atoms with van der Waals surface area (Å²) in [4.78, 5) is 29.2. The van der Waals surface area contributed by atoms with Crippen molar-refractivity contribution in [3.8, 4) is 11.9 Å². The number of carbonyl (C=O) groups is 1. The van der Waals surface area contributed by atoms with E-state index in [4.69, 9.17) is 0 Å². The zero-order valence-electron chi connectivity index (χ0n) is 15.4. The van der Waals surface area contributed by atoms with Crippen molar-refractivity contribution in [2.24, 2.45) is 12.0 Å². The Morgan fingerprint density at radius 3 is 2.46 bits per heavy atom. The third kappa shape index (κ3) is 3.33. The maximum absolute atomic E-state index is 12.8. The highest BCUT2D eigenvalue weighted by Crippen LogP contribution is 2.24. The number of ketones is 1. The molecule has 0 saturated heterocycles. The topological polar surface area (TPSA) is 95.4 Å². The van der Waals surface area contributed by atoms with Crippen LogP contribution in [0.5, 0.6) is 5.88 Å². The second-order valence-corrected chi connectivity index (χ2v) is 6.18. The lowest BCUT2D eigenvalue weighted by Gasteiger charge is -2.10. The van der Waals surface area contributed by atoms with Gasteiger partial charge in [0.25, 0.3) is 5.56 Å². The van der Waals surface area contributed by atoms with Gasteiger partial charge in [0.15, 0.2) is 5.78 Å². The molecule has 0 radical (unpaired) electrons. The normalized spacial score (nSPS) is 10.8. The van der Waals surface area contributed by atoms with E-state index in [1.54, 1.807) is 55.5 Å². The lowest BCUT2D eigenvalue weighted by Crippen LogP contribution is -2.22. The van der Waals surface area contributed by atoms with E-state index < -0.39 is 5.56 Å². The highest BCUT2D eigenvalue weighted by atomic mass is 16.3. The van der Waals surface area contributed by atoms with Crippen LogP contribution in [-0.4, -0.2) is 21.7 Å². The molecular weight excluding hydrogens is 354 g/mol. The van der Waals surface area contributed by atoms with Gasteiger partial charge >= 0.3 is 0 Å². The number of aromatic hydroxyl groups is 1. The molecule has 0 saturated carbocycles. The molecule has 28 heavy (non-hydrogen) atoms. The predicted molar refractivity (Wildman–Crippen MR) is 106 cm³/mol. The monoisotopic (exact) mass is 371 g/mol. The quantitative estimate of drug-likeness (QED) is 0.562. The highest BCUT2D eigenvalue weighted by Gasteiger charge is 2.16. The van der Waals surface area contributed by atoms with Crippen molar-refractivity contribution in [3.05, 3.63) is 92.8 Å². The number of benzene rings is 2. The van der Waals surface area contributed by atoms with Gasteiger partial charge < -0.3 is 5.11 Å². The largest absolute Gasteiger partial charge is 0.494 e. The van der Waals surface area contributed by atoms with Crippen molar-refractivity contribution in [1.82, 2.24) is 4.57 Å². The maximum atomic E-state index is 12.8. The van der Waals surface area contributed by atoms with Gasteiger partial charge in [-0.05, 0) is 24.6 Å². The SMILES string of the molecule is Cc1c(C=Nc2ccccc2C(=O)c2ccccc2)c(O)n(C)c(=O)c1C#N. The molecule has 2 aromatic carbocycles. The first-order valence-electron chi connectivity index (χ1n) is 8.51. The maximum Gasteiger partial charge on any atom is 0.271 e. The van der Waals surface area contributed by atoms with E-state index >= 15 is 0 Å². The van der Waals surface area contributed by atoms with E-state index in [0.717, 1.165) is 4.57 Å². The minimum Gasteiger partial charge on any atom is -0.494 e. The average molecular weight is 371 g/mol. The van der Waals surface area contributed by atoms with Crippen molar-refractivity contribution in [2.75, 3.05) is 0 Å². The van der Waals surface area contributed by atoms with Gasteiger partial charge in [0, 0.05) is 24.4 Å². The van der Waals surface area contributed by atoms with Gasteiger partial charge in [-0.15, -0.1) is 0 Å². The number of para-hydroxylation sites is 1. The van der Waals surface area contributed by atoms with E-state index in [1.165, 1.54) is 13.3 Å². The summed E-state index contributed by atoms with van der Waals surface area (Å²) in [7, 11) is 1.38. The Kier molecular flexibility index (Phi) is 5.18.